The lowest BCUT2D eigenvalue weighted by Crippen LogP contribution is -2.23. The second-order valence-corrected chi connectivity index (χ2v) is 5.26. The van der Waals surface area contributed by atoms with Gasteiger partial charge in [0.2, 0.25) is 0 Å². The van der Waals surface area contributed by atoms with Gasteiger partial charge < -0.3 is 9.88 Å². The summed E-state index contributed by atoms with van der Waals surface area (Å²) in [5.41, 5.74) is 3.81. The Kier molecular flexibility index (Phi) is 3.08. The highest BCUT2D eigenvalue weighted by Crippen LogP contribution is 2.19. The van der Waals surface area contributed by atoms with Crippen LogP contribution in [-0.2, 0) is 19.9 Å². The largest absolute Gasteiger partial charge is 0.331 e. The molecule has 0 amide bonds. The van der Waals surface area contributed by atoms with Crippen molar-refractivity contribution < 1.29 is 0 Å². The molecule has 1 aliphatic heterocycles. The first kappa shape index (κ1) is 11.7. The van der Waals surface area contributed by atoms with Crippen LogP contribution in [0.5, 0.6) is 0 Å². The van der Waals surface area contributed by atoms with Crippen molar-refractivity contribution in [1.29, 1.82) is 0 Å². The lowest BCUT2D eigenvalue weighted by molar-refractivity contribution is 0.603. The summed E-state index contributed by atoms with van der Waals surface area (Å²) >= 11 is 0. The summed E-state index contributed by atoms with van der Waals surface area (Å²) in [6, 6.07) is 7.37. The first-order valence-corrected chi connectivity index (χ1v) is 6.95. The molecule has 1 unspecified atom stereocenters. The average molecular weight is 243 g/mol. The number of aromatic nitrogens is 2. The van der Waals surface area contributed by atoms with Gasteiger partial charge in [-0.3, -0.25) is 0 Å². The predicted octanol–water partition coefficient (Wildman–Crippen LogP) is 2.43. The van der Waals surface area contributed by atoms with Crippen LogP contribution in [0.2, 0.25) is 0 Å². The maximum absolute atomic E-state index is 4.65. The molecule has 3 nitrogen and oxygen atoms in total. The van der Waals surface area contributed by atoms with Crippen molar-refractivity contribution >= 4 is 11.0 Å². The molecular weight excluding hydrogens is 222 g/mol. The normalized spacial score (nSPS) is 19.8. The molecule has 1 aromatic heterocycles. The summed E-state index contributed by atoms with van der Waals surface area (Å²) in [5, 5.41) is 3.56. The zero-order valence-corrected chi connectivity index (χ0v) is 11.2. The van der Waals surface area contributed by atoms with Crippen LogP contribution in [0.4, 0.5) is 0 Å². The van der Waals surface area contributed by atoms with E-state index in [9.17, 15) is 0 Å². The van der Waals surface area contributed by atoms with Crippen LogP contribution in [0.15, 0.2) is 18.2 Å². The van der Waals surface area contributed by atoms with E-state index in [-0.39, 0.29) is 0 Å². The highest BCUT2D eigenvalue weighted by atomic mass is 15.1. The van der Waals surface area contributed by atoms with E-state index in [0.29, 0.717) is 6.04 Å². The van der Waals surface area contributed by atoms with Gasteiger partial charge in [-0.05, 0) is 43.5 Å². The molecule has 96 valence electrons. The topological polar surface area (TPSA) is 29.9 Å². The molecule has 1 aliphatic rings. The van der Waals surface area contributed by atoms with Crippen LogP contribution < -0.4 is 5.32 Å². The summed E-state index contributed by atoms with van der Waals surface area (Å²) in [7, 11) is 2.12. The predicted molar refractivity (Wildman–Crippen MR) is 74.8 cm³/mol. The number of benzene rings is 1. The fourth-order valence-corrected chi connectivity index (χ4v) is 2.94. The van der Waals surface area contributed by atoms with Crippen molar-refractivity contribution in [3.05, 3.63) is 29.6 Å². The molecule has 1 fully saturated rings. The molecular formula is C15H21N3. The average Bonchev–Trinajstić information content (AvgIpc) is 2.99. The number of aryl methyl sites for hydroxylation is 2. The molecule has 3 rings (SSSR count). The van der Waals surface area contributed by atoms with Crippen molar-refractivity contribution in [1.82, 2.24) is 14.9 Å². The third kappa shape index (κ3) is 2.03. The van der Waals surface area contributed by atoms with E-state index in [0.717, 1.165) is 18.4 Å². The van der Waals surface area contributed by atoms with Gasteiger partial charge in [0, 0.05) is 19.5 Å². The Morgan fingerprint density at radius 1 is 1.44 bits per heavy atom. The van der Waals surface area contributed by atoms with Gasteiger partial charge in [-0.15, -0.1) is 0 Å². The van der Waals surface area contributed by atoms with E-state index in [1.807, 2.05) is 0 Å². The van der Waals surface area contributed by atoms with Crippen LogP contribution in [0.25, 0.3) is 11.0 Å². The van der Waals surface area contributed by atoms with Crippen LogP contribution in [-0.4, -0.2) is 22.1 Å². The molecule has 18 heavy (non-hydrogen) atoms. The third-order valence-corrected chi connectivity index (χ3v) is 4.00. The first-order chi connectivity index (χ1) is 8.78. The third-order valence-electron chi connectivity index (χ3n) is 4.00. The van der Waals surface area contributed by atoms with Gasteiger partial charge in [0.25, 0.3) is 0 Å². The minimum absolute atomic E-state index is 0.668. The Morgan fingerprint density at radius 3 is 3.06 bits per heavy atom. The number of rotatable bonds is 3. The van der Waals surface area contributed by atoms with Crippen molar-refractivity contribution in [2.45, 2.75) is 38.6 Å². The SMILES string of the molecule is CCc1nc2ccc(CC3CCCN3)cc2n1C. The molecule has 0 radical (unpaired) electrons. The maximum atomic E-state index is 4.65. The number of imidazole rings is 1. The summed E-state index contributed by atoms with van der Waals surface area (Å²) in [6.07, 6.45) is 4.76. The van der Waals surface area contributed by atoms with Crippen LogP contribution in [0.1, 0.15) is 31.2 Å². The fourth-order valence-electron chi connectivity index (χ4n) is 2.94. The Balaban J connectivity index is 1.91. The van der Waals surface area contributed by atoms with E-state index >= 15 is 0 Å². The second kappa shape index (κ2) is 4.73. The Morgan fingerprint density at radius 2 is 2.33 bits per heavy atom. The Bertz CT molecular complexity index is 550. The van der Waals surface area contributed by atoms with Gasteiger partial charge in [-0.2, -0.15) is 0 Å². The molecule has 1 aromatic carbocycles. The van der Waals surface area contributed by atoms with Crippen LogP contribution in [0, 0.1) is 0 Å². The number of nitrogens with zero attached hydrogens (tertiary/aromatic N) is 2. The number of fused-ring (bicyclic) bond motifs is 1. The van der Waals surface area contributed by atoms with Crippen molar-refractivity contribution in [3.8, 4) is 0 Å². The van der Waals surface area contributed by atoms with Gasteiger partial charge in [-0.25, -0.2) is 4.98 Å². The van der Waals surface area contributed by atoms with Gasteiger partial charge in [0.1, 0.15) is 5.82 Å². The quantitative estimate of drug-likeness (QED) is 0.897. The zero-order valence-electron chi connectivity index (χ0n) is 11.2. The summed E-state index contributed by atoms with van der Waals surface area (Å²) in [5.74, 6) is 1.17. The van der Waals surface area contributed by atoms with Crippen molar-refractivity contribution in [2.75, 3.05) is 6.54 Å². The maximum Gasteiger partial charge on any atom is 0.109 e. The van der Waals surface area contributed by atoms with Gasteiger partial charge >= 0.3 is 0 Å². The van der Waals surface area contributed by atoms with E-state index in [2.05, 4.69) is 47.0 Å². The molecule has 3 heteroatoms. The second-order valence-electron chi connectivity index (χ2n) is 5.26. The smallest absolute Gasteiger partial charge is 0.109 e. The fraction of sp³-hybridized carbons (Fsp3) is 0.533. The van der Waals surface area contributed by atoms with E-state index in [4.69, 9.17) is 0 Å². The zero-order chi connectivity index (χ0) is 12.5. The van der Waals surface area contributed by atoms with Gasteiger partial charge in [-0.1, -0.05) is 13.0 Å². The monoisotopic (exact) mass is 243 g/mol. The minimum Gasteiger partial charge on any atom is -0.331 e. The van der Waals surface area contributed by atoms with Crippen LogP contribution in [0.3, 0.4) is 0 Å². The summed E-state index contributed by atoms with van der Waals surface area (Å²) in [4.78, 5) is 4.65. The van der Waals surface area contributed by atoms with E-state index < -0.39 is 0 Å². The highest BCUT2D eigenvalue weighted by Gasteiger charge is 2.15. The minimum atomic E-state index is 0.668. The molecule has 0 aliphatic carbocycles. The molecule has 1 atom stereocenters. The van der Waals surface area contributed by atoms with E-state index in [1.54, 1.807) is 0 Å². The lowest BCUT2D eigenvalue weighted by Gasteiger charge is -2.10. The molecule has 2 aromatic rings. The standard InChI is InChI=1S/C15H21N3/c1-3-15-17-13-7-6-11(10-14(13)18(15)2)9-12-5-4-8-16-12/h6-7,10,12,16H,3-5,8-9H2,1-2H3. The Hall–Kier alpha value is -1.35. The number of hydrogen-bond acceptors (Lipinski definition) is 2. The molecule has 0 spiro atoms. The van der Waals surface area contributed by atoms with Gasteiger partial charge in [0.05, 0.1) is 11.0 Å². The Labute approximate surface area is 108 Å². The van der Waals surface area contributed by atoms with Crippen molar-refractivity contribution in [2.24, 2.45) is 7.05 Å². The molecule has 0 saturated carbocycles. The van der Waals surface area contributed by atoms with E-state index in [1.165, 1.54) is 36.3 Å². The summed E-state index contributed by atoms with van der Waals surface area (Å²) in [6.45, 7) is 3.34. The summed E-state index contributed by atoms with van der Waals surface area (Å²) < 4.78 is 2.22. The lowest BCUT2D eigenvalue weighted by atomic mass is 10.0. The number of nitrogens with one attached hydrogen (secondary N) is 1. The first-order valence-electron chi connectivity index (χ1n) is 6.95. The molecule has 1 saturated heterocycles. The van der Waals surface area contributed by atoms with Gasteiger partial charge in [0.15, 0.2) is 0 Å². The van der Waals surface area contributed by atoms with Crippen LogP contribution >= 0.6 is 0 Å². The molecule has 1 N–H and O–H groups in total. The van der Waals surface area contributed by atoms with Crippen molar-refractivity contribution in [3.63, 3.8) is 0 Å². The molecule has 2 heterocycles. The molecule has 0 bridgehead atoms. The highest BCUT2D eigenvalue weighted by molar-refractivity contribution is 5.76. The number of hydrogen-bond donors (Lipinski definition) is 1.